The van der Waals surface area contributed by atoms with Crippen molar-refractivity contribution in [1.29, 1.82) is 0 Å². The van der Waals surface area contributed by atoms with Gasteiger partial charge in [0, 0.05) is 42.4 Å². The van der Waals surface area contributed by atoms with Crippen LogP contribution in [0.2, 0.25) is 18.1 Å². The molecule has 2 heterocycles. The molecule has 1 atom stereocenters. The largest absolute Gasteiger partial charge is 0.409 e. The van der Waals surface area contributed by atoms with E-state index in [9.17, 15) is 9.50 Å². The first kappa shape index (κ1) is 28.2. The Balaban J connectivity index is 1.70. The maximum absolute atomic E-state index is 14.0. The van der Waals surface area contributed by atoms with Crippen molar-refractivity contribution in [1.82, 2.24) is 9.88 Å². The average molecular weight is 547 g/mol. The molecule has 6 heteroatoms. The van der Waals surface area contributed by atoms with Crippen LogP contribution in [-0.4, -0.2) is 29.9 Å². The summed E-state index contributed by atoms with van der Waals surface area (Å²) in [7, 11) is -2.16. The van der Waals surface area contributed by atoms with E-state index in [1.807, 2.05) is 12.1 Å². The second-order valence-electron chi connectivity index (χ2n) is 12.9. The molecule has 1 fully saturated rings. The molecule has 1 aliphatic carbocycles. The van der Waals surface area contributed by atoms with Gasteiger partial charge in [-0.25, -0.2) is 4.39 Å². The molecule has 2 aliphatic rings. The maximum Gasteiger partial charge on any atom is 0.192 e. The lowest BCUT2D eigenvalue weighted by Gasteiger charge is -2.44. The Morgan fingerprint density at radius 2 is 1.69 bits per heavy atom. The lowest BCUT2D eigenvalue weighted by molar-refractivity contribution is 0.0934. The van der Waals surface area contributed by atoms with Gasteiger partial charge in [0.1, 0.15) is 5.82 Å². The second-order valence-corrected chi connectivity index (χ2v) is 17.6. The van der Waals surface area contributed by atoms with E-state index in [0.717, 1.165) is 66.1 Å². The first-order valence-electron chi connectivity index (χ1n) is 14.4. The van der Waals surface area contributed by atoms with E-state index in [1.165, 1.54) is 30.5 Å². The standard InChI is InChI=1S/C33H43FN2O2Si/c1-33(2,3)39(4,5)38-29-21-36(19-23-11-7-6-8-12-23)20-28-31(29)30(24-15-17-26(34)18-16-24)27(22-37)32(35-28)25-13-9-10-14-25/h6-8,11-12,15-18,25,29,37H,9-10,13-14,19-22H2,1-5H3. The molecule has 0 saturated heterocycles. The Labute approximate surface area is 234 Å². The number of aliphatic hydroxyl groups excluding tert-OH is 1. The Kier molecular flexibility index (Phi) is 8.12. The SMILES string of the molecule is CC(C)(C)[Si](C)(C)OC1CN(Cc2ccccc2)Cc2nc(C3CCCC3)c(CO)c(-c3ccc(F)cc3)c21. The molecule has 1 aliphatic heterocycles. The van der Waals surface area contributed by atoms with Gasteiger partial charge in [0.2, 0.25) is 0 Å². The third kappa shape index (κ3) is 5.90. The molecule has 0 radical (unpaired) electrons. The zero-order valence-corrected chi connectivity index (χ0v) is 25.1. The summed E-state index contributed by atoms with van der Waals surface area (Å²) in [6, 6.07) is 17.3. The fourth-order valence-corrected chi connectivity index (χ4v) is 7.27. The second kappa shape index (κ2) is 11.2. The van der Waals surface area contributed by atoms with Gasteiger partial charge in [0.05, 0.1) is 18.4 Å². The highest BCUT2D eigenvalue weighted by molar-refractivity contribution is 6.74. The summed E-state index contributed by atoms with van der Waals surface area (Å²) >= 11 is 0. The van der Waals surface area contributed by atoms with E-state index in [2.05, 4.69) is 69.1 Å². The van der Waals surface area contributed by atoms with Gasteiger partial charge < -0.3 is 9.53 Å². The van der Waals surface area contributed by atoms with Crippen molar-refractivity contribution in [2.75, 3.05) is 6.54 Å². The zero-order valence-electron chi connectivity index (χ0n) is 24.1. The Morgan fingerprint density at radius 1 is 1.03 bits per heavy atom. The van der Waals surface area contributed by atoms with Gasteiger partial charge in [-0.15, -0.1) is 0 Å². The Morgan fingerprint density at radius 3 is 2.31 bits per heavy atom. The van der Waals surface area contributed by atoms with Gasteiger partial charge in [-0.1, -0.05) is 76.1 Å². The molecule has 0 spiro atoms. The van der Waals surface area contributed by atoms with Crippen LogP contribution in [0.1, 0.15) is 86.6 Å². The van der Waals surface area contributed by atoms with Gasteiger partial charge in [0.25, 0.3) is 0 Å². The van der Waals surface area contributed by atoms with Gasteiger partial charge in [-0.05, 0) is 59.8 Å². The smallest absolute Gasteiger partial charge is 0.192 e. The van der Waals surface area contributed by atoms with Crippen LogP contribution in [0.15, 0.2) is 54.6 Å². The van der Waals surface area contributed by atoms with E-state index < -0.39 is 8.32 Å². The molecule has 39 heavy (non-hydrogen) atoms. The molecule has 0 bridgehead atoms. The third-order valence-electron chi connectivity index (χ3n) is 9.09. The lowest BCUT2D eigenvalue weighted by atomic mass is 9.85. The summed E-state index contributed by atoms with van der Waals surface area (Å²) in [6.45, 7) is 13.6. The van der Waals surface area contributed by atoms with Crippen molar-refractivity contribution in [3.05, 3.63) is 88.5 Å². The summed E-state index contributed by atoms with van der Waals surface area (Å²) < 4.78 is 21.2. The number of fused-ring (bicyclic) bond motifs is 1. The lowest BCUT2D eigenvalue weighted by Crippen LogP contribution is -2.46. The van der Waals surface area contributed by atoms with Crippen LogP contribution in [0.3, 0.4) is 0 Å². The van der Waals surface area contributed by atoms with Crippen LogP contribution in [0.5, 0.6) is 0 Å². The van der Waals surface area contributed by atoms with E-state index in [4.69, 9.17) is 9.41 Å². The number of hydrogen-bond acceptors (Lipinski definition) is 4. The minimum Gasteiger partial charge on any atom is -0.409 e. The van der Waals surface area contributed by atoms with E-state index in [1.54, 1.807) is 0 Å². The van der Waals surface area contributed by atoms with Crippen LogP contribution in [0.25, 0.3) is 11.1 Å². The first-order chi connectivity index (χ1) is 18.6. The molecule has 1 unspecified atom stereocenters. The number of aromatic nitrogens is 1. The highest BCUT2D eigenvalue weighted by Gasteiger charge is 2.43. The predicted molar refractivity (Wildman–Crippen MR) is 158 cm³/mol. The van der Waals surface area contributed by atoms with Crippen LogP contribution >= 0.6 is 0 Å². The number of aliphatic hydroxyl groups is 1. The van der Waals surface area contributed by atoms with Crippen LogP contribution in [0, 0.1) is 5.82 Å². The third-order valence-corrected chi connectivity index (χ3v) is 13.6. The molecule has 5 rings (SSSR count). The van der Waals surface area contributed by atoms with Gasteiger partial charge in [0.15, 0.2) is 8.32 Å². The molecule has 1 saturated carbocycles. The summed E-state index contributed by atoms with van der Waals surface area (Å²) in [6.07, 6.45) is 4.39. The summed E-state index contributed by atoms with van der Waals surface area (Å²) in [4.78, 5) is 7.82. The Hall–Kier alpha value is -2.38. The van der Waals surface area contributed by atoms with Crippen molar-refractivity contribution in [2.45, 2.75) is 96.3 Å². The molecular formula is C33H43FN2O2Si. The van der Waals surface area contributed by atoms with Crippen molar-refractivity contribution in [3.63, 3.8) is 0 Å². The first-order valence-corrected chi connectivity index (χ1v) is 17.3. The summed E-state index contributed by atoms with van der Waals surface area (Å²) in [5.41, 5.74) is 7.26. The average Bonchev–Trinajstić information content (AvgIpc) is 3.43. The van der Waals surface area contributed by atoms with E-state index in [-0.39, 0.29) is 23.6 Å². The summed E-state index contributed by atoms with van der Waals surface area (Å²) in [5, 5.41) is 10.9. The summed E-state index contributed by atoms with van der Waals surface area (Å²) in [5.74, 6) is 0.0901. The van der Waals surface area contributed by atoms with Crippen molar-refractivity contribution in [3.8, 4) is 11.1 Å². The topological polar surface area (TPSA) is 45.6 Å². The number of nitrogens with zero attached hydrogens (tertiary/aromatic N) is 2. The molecule has 3 aromatic rings. The predicted octanol–water partition coefficient (Wildman–Crippen LogP) is 8.12. The number of pyridine rings is 1. The van der Waals surface area contributed by atoms with Crippen LogP contribution in [-0.2, 0) is 24.1 Å². The van der Waals surface area contributed by atoms with Gasteiger partial charge >= 0.3 is 0 Å². The molecule has 1 N–H and O–H groups in total. The number of hydrogen-bond donors (Lipinski definition) is 1. The quantitative estimate of drug-likeness (QED) is 0.304. The molecule has 1 aromatic heterocycles. The fraction of sp³-hybridized carbons (Fsp3) is 0.485. The van der Waals surface area contributed by atoms with Crippen molar-refractivity contribution < 1.29 is 13.9 Å². The minimum atomic E-state index is -2.16. The normalized spacial score (nSPS) is 18.9. The maximum atomic E-state index is 14.0. The fourth-order valence-electron chi connectivity index (χ4n) is 6.01. The Bertz CT molecular complexity index is 1280. The van der Waals surface area contributed by atoms with E-state index in [0.29, 0.717) is 5.92 Å². The molecular weight excluding hydrogens is 503 g/mol. The number of benzene rings is 2. The minimum absolute atomic E-state index is 0.0436. The molecule has 4 nitrogen and oxygen atoms in total. The monoisotopic (exact) mass is 546 g/mol. The zero-order chi connectivity index (χ0) is 27.8. The number of halogens is 1. The van der Waals surface area contributed by atoms with E-state index >= 15 is 0 Å². The molecule has 2 aromatic carbocycles. The van der Waals surface area contributed by atoms with Crippen LogP contribution in [0.4, 0.5) is 4.39 Å². The molecule has 0 amide bonds. The molecule has 208 valence electrons. The van der Waals surface area contributed by atoms with Crippen LogP contribution < -0.4 is 0 Å². The van der Waals surface area contributed by atoms with Crippen molar-refractivity contribution in [2.24, 2.45) is 0 Å². The highest BCUT2D eigenvalue weighted by atomic mass is 28.4. The highest BCUT2D eigenvalue weighted by Crippen LogP contribution is 2.47. The number of rotatable bonds is 7. The van der Waals surface area contributed by atoms with Gasteiger partial charge in [-0.3, -0.25) is 9.88 Å². The van der Waals surface area contributed by atoms with Crippen molar-refractivity contribution >= 4 is 8.32 Å². The van der Waals surface area contributed by atoms with Gasteiger partial charge in [-0.2, -0.15) is 0 Å².